The number of aromatic nitrogens is 2. The number of sulfonamides is 1. The molecule has 136 valence electrons. The Bertz CT molecular complexity index is 810. The molecule has 25 heavy (non-hydrogen) atoms. The summed E-state index contributed by atoms with van der Waals surface area (Å²) in [5.74, 6) is 1.45. The summed E-state index contributed by atoms with van der Waals surface area (Å²) in [6.07, 6.45) is 0. The highest BCUT2D eigenvalue weighted by molar-refractivity contribution is 7.88. The lowest BCUT2D eigenvalue weighted by atomic mass is 10.2. The van der Waals surface area contributed by atoms with Crippen molar-refractivity contribution < 1.29 is 12.8 Å². The zero-order valence-corrected chi connectivity index (χ0v) is 15.3. The van der Waals surface area contributed by atoms with Crippen molar-refractivity contribution in [3.63, 3.8) is 0 Å². The number of benzene rings is 1. The zero-order valence-electron chi connectivity index (χ0n) is 14.5. The summed E-state index contributed by atoms with van der Waals surface area (Å²) in [4.78, 5) is 10.4. The fourth-order valence-electron chi connectivity index (χ4n) is 2.12. The van der Waals surface area contributed by atoms with Gasteiger partial charge in [0.2, 0.25) is 10.0 Å². The molecule has 9 heteroatoms. The number of hydrogen-bond acceptors (Lipinski definition) is 6. The topological polar surface area (TPSA) is 87.2 Å². The summed E-state index contributed by atoms with van der Waals surface area (Å²) in [5, 5.41) is 3.07. The van der Waals surface area contributed by atoms with Gasteiger partial charge in [0.15, 0.2) is 0 Å². The van der Waals surface area contributed by atoms with Gasteiger partial charge in [-0.05, 0) is 24.6 Å². The first kappa shape index (κ1) is 19.1. The van der Waals surface area contributed by atoms with Gasteiger partial charge in [0.25, 0.3) is 0 Å². The summed E-state index contributed by atoms with van der Waals surface area (Å²) in [6.45, 7) is 2.39. The van der Waals surface area contributed by atoms with Crippen LogP contribution in [0.25, 0.3) is 0 Å². The van der Waals surface area contributed by atoms with Crippen LogP contribution >= 0.6 is 0 Å². The monoisotopic (exact) mass is 367 g/mol. The van der Waals surface area contributed by atoms with Crippen molar-refractivity contribution in [3.8, 4) is 0 Å². The maximum Gasteiger partial charge on any atom is 0.215 e. The molecular weight excluding hydrogens is 345 g/mol. The molecule has 1 heterocycles. The van der Waals surface area contributed by atoms with E-state index in [1.165, 1.54) is 24.3 Å². The molecule has 1 aromatic heterocycles. The molecule has 2 N–H and O–H groups in total. The van der Waals surface area contributed by atoms with Crippen molar-refractivity contribution >= 4 is 21.7 Å². The number of nitrogens with zero attached hydrogens (tertiary/aromatic N) is 3. The smallest absolute Gasteiger partial charge is 0.215 e. The SMILES string of the molecule is Cc1nc(NCCNS(=O)(=O)Cc2ccc(F)cc2)cc(N(C)C)n1. The Labute approximate surface area is 147 Å². The second-order valence-electron chi connectivity index (χ2n) is 5.76. The first-order chi connectivity index (χ1) is 11.7. The molecule has 7 nitrogen and oxygen atoms in total. The second-order valence-corrected chi connectivity index (χ2v) is 7.57. The van der Waals surface area contributed by atoms with Crippen molar-refractivity contribution in [2.75, 3.05) is 37.4 Å². The Morgan fingerprint density at radius 1 is 1.12 bits per heavy atom. The van der Waals surface area contributed by atoms with E-state index in [2.05, 4.69) is 20.0 Å². The summed E-state index contributed by atoms with van der Waals surface area (Å²) >= 11 is 0. The number of hydrogen-bond donors (Lipinski definition) is 2. The van der Waals surface area contributed by atoms with E-state index < -0.39 is 15.8 Å². The lowest BCUT2D eigenvalue weighted by Gasteiger charge is -2.14. The van der Waals surface area contributed by atoms with Gasteiger partial charge in [0.05, 0.1) is 5.75 Å². The van der Waals surface area contributed by atoms with Gasteiger partial charge in [-0.25, -0.2) is 27.5 Å². The highest BCUT2D eigenvalue weighted by Gasteiger charge is 2.11. The molecule has 2 rings (SSSR count). The lowest BCUT2D eigenvalue weighted by Crippen LogP contribution is -2.30. The van der Waals surface area contributed by atoms with Crippen LogP contribution in [-0.2, 0) is 15.8 Å². The van der Waals surface area contributed by atoms with Crippen LogP contribution in [0.5, 0.6) is 0 Å². The fourth-order valence-corrected chi connectivity index (χ4v) is 3.27. The van der Waals surface area contributed by atoms with Gasteiger partial charge in [0, 0.05) is 33.3 Å². The van der Waals surface area contributed by atoms with E-state index in [1.54, 1.807) is 13.0 Å². The van der Waals surface area contributed by atoms with E-state index in [4.69, 9.17) is 0 Å². The van der Waals surface area contributed by atoms with E-state index in [1.807, 2.05) is 19.0 Å². The minimum absolute atomic E-state index is 0.190. The van der Waals surface area contributed by atoms with Crippen molar-refractivity contribution in [1.82, 2.24) is 14.7 Å². The minimum Gasteiger partial charge on any atom is -0.369 e. The van der Waals surface area contributed by atoms with Crippen molar-refractivity contribution in [3.05, 3.63) is 47.5 Å². The van der Waals surface area contributed by atoms with Crippen LogP contribution in [0.4, 0.5) is 16.0 Å². The summed E-state index contributed by atoms with van der Waals surface area (Å²) in [5.41, 5.74) is 0.531. The molecule has 2 aromatic rings. The first-order valence-corrected chi connectivity index (χ1v) is 9.39. The normalized spacial score (nSPS) is 11.4. The molecule has 0 amide bonds. The molecule has 0 spiro atoms. The van der Waals surface area contributed by atoms with Gasteiger partial charge < -0.3 is 10.2 Å². The Morgan fingerprint density at radius 2 is 1.80 bits per heavy atom. The van der Waals surface area contributed by atoms with E-state index in [-0.39, 0.29) is 12.3 Å². The van der Waals surface area contributed by atoms with Gasteiger partial charge in [-0.2, -0.15) is 0 Å². The van der Waals surface area contributed by atoms with E-state index in [9.17, 15) is 12.8 Å². The number of nitrogens with one attached hydrogen (secondary N) is 2. The average molecular weight is 367 g/mol. The molecule has 0 radical (unpaired) electrons. The number of rotatable bonds is 8. The average Bonchev–Trinajstić information content (AvgIpc) is 2.53. The molecule has 0 atom stereocenters. The largest absolute Gasteiger partial charge is 0.369 e. The molecular formula is C16H22FN5O2S. The van der Waals surface area contributed by atoms with Crippen LogP contribution in [0.1, 0.15) is 11.4 Å². The lowest BCUT2D eigenvalue weighted by molar-refractivity contribution is 0.581. The molecule has 0 fully saturated rings. The van der Waals surface area contributed by atoms with Gasteiger partial charge in [-0.3, -0.25) is 0 Å². The highest BCUT2D eigenvalue weighted by atomic mass is 32.2. The fraction of sp³-hybridized carbons (Fsp3) is 0.375. The maximum absolute atomic E-state index is 12.8. The Hall–Kier alpha value is -2.26. The highest BCUT2D eigenvalue weighted by Crippen LogP contribution is 2.13. The molecule has 0 bridgehead atoms. The Kier molecular flexibility index (Phi) is 6.27. The van der Waals surface area contributed by atoms with Gasteiger partial charge >= 0.3 is 0 Å². The van der Waals surface area contributed by atoms with Crippen molar-refractivity contribution in [2.24, 2.45) is 0 Å². The molecule has 0 unspecified atom stereocenters. The summed E-state index contributed by atoms with van der Waals surface area (Å²) in [6, 6.07) is 7.19. The van der Waals surface area contributed by atoms with Crippen LogP contribution < -0.4 is 14.9 Å². The predicted molar refractivity (Wildman–Crippen MR) is 96.6 cm³/mol. The zero-order chi connectivity index (χ0) is 18.4. The quantitative estimate of drug-likeness (QED) is 0.688. The van der Waals surface area contributed by atoms with Crippen LogP contribution in [0.2, 0.25) is 0 Å². The third-order valence-electron chi connectivity index (χ3n) is 3.31. The third-order valence-corrected chi connectivity index (χ3v) is 4.66. The molecule has 0 aliphatic carbocycles. The van der Waals surface area contributed by atoms with Crippen LogP contribution in [0.3, 0.4) is 0 Å². The van der Waals surface area contributed by atoms with Gasteiger partial charge in [0.1, 0.15) is 23.3 Å². The van der Waals surface area contributed by atoms with Crippen molar-refractivity contribution in [1.29, 1.82) is 0 Å². The van der Waals surface area contributed by atoms with Crippen LogP contribution in [-0.4, -0.2) is 45.6 Å². The van der Waals surface area contributed by atoms with E-state index in [0.717, 1.165) is 5.82 Å². The minimum atomic E-state index is -3.49. The van der Waals surface area contributed by atoms with Crippen LogP contribution in [0, 0.1) is 12.7 Å². The van der Waals surface area contributed by atoms with Gasteiger partial charge in [-0.1, -0.05) is 12.1 Å². The van der Waals surface area contributed by atoms with Gasteiger partial charge in [-0.15, -0.1) is 0 Å². The third kappa shape index (κ3) is 6.28. The van der Waals surface area contributed by atoms with Crippen LogP contribution in [0.15, 0.2) is 30.3 Å². The first-order valence-electron chi connectivity index (χ1n) is 7.74. The molecule has 1 aromatic carbocycles. The molecule has 0 aliphatic rings. The van der Waals surface area contributed by atoms with Crippen molar-refractivity contribution in [2.45, 2.75) is 12.7 Å². The standard InChI is InChI=1S/C16H22FN5O2S/c1-12-20-15(10-16(21-12)22(2)3)18-8-9-19-25(23,24)11-13-4-6-14(17)7-5-13/h4-7,10,19H,8-9,11H2,1-3H3,(H,18,20,21). The second kappa shape index (κ2) is 8.21. The Morgan fingerprint density at radius 3 is 2.44 bits per heavy atom. The summed E-state index contributed by atoms with van der Waals surface area (Å²) < 4.78 is 39.4. The molecule has 0 aliphatic heterocycles. The number of halogens is 1. The van der Waals surface area contributed by atoms with E-state index in [0.29, 0.717) is 23.8 Å². The predicted octanol–water partition coefficient (Wildman–Crippen LogP) is 1.52. The molecule has 0 saturated carbocycles. The Balaban J connectivity index is 1.85. The molecule has 0 saturated heterocycles. The maximum atomic E-state index is 12.8. The number of aryl methyl sites for hydroxylation is 1. The number of anilines is 2. The summed E-state index contributed by atoms with van der Waals surface area (Å²) in [7, 11) is 0.283. The van der Waals surface area contributed by atoms with E-state index >= 15 is 0 Å².